The van der Waals surface area contributed by atoms with Crippen molar-refractivity contribution in [2.45, 2.75) is 39.2 Å². The number of hydrogen-bond acceptors (Lipinski definition) is 1. The van der Waals surface area contributed by atoms with E-state index in [9.17, 15) is 5.11 Å². The first-order chi connectivity index (χ1) is 7.22. The third-order valence-corrected chi connectivity index (χ3v) is 3.41. The van der Waals surface area contributed by atoms with Crippen molar-refractivity contribution >= 4 is 0 Å². The van der Waals surface area contributed by atoms with Crippen molar-refractivity contribution in [2.24, 2.45) is 11.8 Å². The number of aliphatic hydroxyl groups excluding tert-OH is 1. The van der Waals surface area contributed by atoms with E-state index in [0.29, 0.717) is 11.8 Å². The molecule has 1 aliphatic carbocycles. The highest BCUT2D eigenvalue weighted by Gasteiger charge is 2.39. The van der Waals surface area contributed by atoms with Gasteiger partial charge in [-0.2, -0.15) is 0 Å². The number of aliphatic hydroxyl groups is 1. The molecule has 0 heterocycles. The second-order valence-electron chi connectivity index (χ2n) is 4.82. The molecule has 1 aromatic rings. The van der Waals surface area contributed by atoms with Crippen LogP contribution in [-0.4, -0.2) is 5.11 Å². The quantitative estimate of drug-likeness (QED) is 0.797. The maximum absolute atomic E-state index is 10.1. The molecule has 1 nitrogen and oxygen atoms in total. The average Bonchev–Trinajstić information content (AvgIpc) is 2.95. The van der Waals surface area contributed by atoms with Crippen LogP contribution in [0, 0.1) is 11.8 Å². The van der Waals surface area contributed by atoms with Crippen LogP contribution in [0.3, 0.4) is 0 Å². The lowest BCUT2D eigenvalue weighted by Gasteiger charge is -2.11. The standard InChI is InChI=1S/C14H20O/c1-3-5-11-6-4-7-12(9-11)14(15)13-8-10(13)2/h4,6-7,9-10,13-15H,3,5,8H2,1-2H3. The van der Waals surface area contributed by atoms with Crippen molar-refractivity contribution in [1.82, 2.24) is 0 Å². The Kier molecular flexibility index (Phi) is 3.11. The van der Waals surface area contributed by atoms with E-state index >= 15 is 0 Å². The highest BCUT2D eigenvalue weighted by molar-refractivity contribution is 5.26. The van der Waals surface area contributed by atoms with Gasteiger partial charge in [0.05, 0.1) is 6.10 Å². The lowest BCUT2D eigenvalue weighted by atomic mass is 10.00. The monoisotopic (exact) mass is 204 g/mol. The molecule has 1 heteroatoms. The molecule has 3 atom stereocenters. The van der Waals surface area contributed by atoms with E-state index in [1.54, 1.807) is 0 Å². The average molecular weight is 204 g/mol. The van der Waals surface area contributed by atoms with E-state index in [0.717, 1.165) is 12.0 Å². The predicted molar refractivity (Wildman–Crippen MR) is 62.7 cm³/mol. The lowest BCUT2D eigenvalue weighted by Crippen LogP contribution is -2.01. The first-order valence-corrected chi connectivity index (χ1v) is 5.99. The number of aryl methyl sites for hydroxylation is 1. The third-order valence-electron chi connectivity index (χ3n) is 3.41. The van der Waals surface area contributed by atoms with Crippen LogP contribution in [0.2, 0.25) is 0 Å². The molecule has 0 bridgehead atoms. The van der Waals surface area contributed by atoms with Gasteiger partial charge in [-0.3, -0.25) is 0 Å². The second kappa shape index (κ2) is 4.36. The summed E-state index contributed by atoms with van der Waals surface area (Å²) in [6.45, 7) is 4.40. The van der Waals surface area contributed by atoms with Gasteiger partial charge in [-0.05, 0) is 35.8 Å². The summed E-state index contributed by atoms with van der Waals surface area (Å²) in [6, 6.07) is 8.43. The van der Waals surface area contributed by atoms with Gasteiger partial charge in [-0.1, -0.05) is 44.5 Å². The summed E-state index contributed by atoms with van der Waals surface area (Å²) < 4.78 is 0. The van der Waals surface area contributed by atoms with E-state index in [4.69, 9.17) is 0 Å². The van der Waals surface area contributed by atoms with Crippen molar-refractivity contribution in [3.8, 4) is 0 Å². The molecule has 82 valence electrons. The molecule has 0 amide bonds. The van der Waals surface area contributed by atoms with Crippen molar-refractivity contribution in [1.29, 1.82) is 0 Å². The van der Waals surface area contributed by atoms with Gasteiger partial charge >= 0.3 is 0 Å². The Morgan fingerprint density at radius 3 is 2.80 bits per heavy atom. The molecule has 1 N–H and O–H groups in total. The van der Waals surface area contributed by atoms with Gasteiger partial charge in [0.2, 0.25) is 0 Å². The van der Waals surface area contributed by atoms with Crippen molar-refractivity contribution in [2.75, 3.05) is 0 Å². The molecular formula is C14H20O. The molecule has 1 aromatic carbocycles. The van der Waals surface area contributed by atoms with Gasteiger partial charge in [-0.15, -0.1) is 0 Å². The van der Waals surface area contributed by atoms with Crippen LogP contribution in [0.15, 0.2) is 24.3 Å². The normalized spacial score (nSPS) is 26.3. The third kappa shape index (κ3) is 2.40. The summed E-state index contributed by atoms with van der Waals surface area (Å²) in [5, 5.41) is 10.1. The Morgan fingerprint density at radius 2 is 2.20 bits per heavy atom. The number of hydrogen-bond donors (Lipinski definition) is 1. The van der Waals surface area contributed by atoms with Crippen LogP contribution < -0.4 is 0 Å². The zero-order chi connectivity index (χ0) is 10.8. The van der Waals surface area contributed by atoms with Gasteiger partial charge in [0.15, 0.2) is 0 Å². The van der Waals surface area contributed by atoms with Gasteiger partial charge in [0.25, 0.3) is 0 Å². The molecule has 15 heavy (non-hydrogen) atoms. The van der Waals surface area contributed by atoms with Crippen LogP contribution in [0.5, 0.6) is 0 Å². The van der Waals surface area contributed by atoms with Gasteiger partial charge in [0.1, 0.15) is 0 Å². The molecule has 1 fully saturated rings. The Hall–Kier alpha value is -0.820. The zero-order valence-electron chi connectivity index (χ0n) is 9.61. The van der Waals surface area contributed by atoms with E-state index < -0.39 is 0 Å². The van der Waals surface area contributed by atoms with E-state index in [1.165, 1.54) is 18.4 Å². The predicted octanol–water partition coefficient (Wildman–Crippen LogP) is 3.33. The van der Waals surface area contributed by atoms with Crippen molar-refractivity contribution in [3.05, 3.63) is 35.4 Å². The minimum atomic E-state index is -0.239. The highest BCUT2D eigenvalue weighted by Crippen LogP contribution is 2.46. The number of benzene rings is 1. The lowest BCUT2D eigenvalue weighted by molar-refractivity contribution is 0.148. The Morgan fingerprint density at radius 1 is 1.47 bits per heavy atom. The van der Waals surface area contributed by atoms with Crippen LogP contribution in [0.25, 0.3) is 0 Å². The van der Waals surface area contributed by atoms with Crippen LogP contribution in [0.4, 0.5) is 0 Å². The van der Waals surface area contributed by atoms with Crippen LogP contribution >= 0.6 is 0 Å². The summed E-state index contributed by atoms with van der Waals surface area (Å²) in [5.41, 5.74) is 2.46. The first-order valence-electron chi connectivity index (χ1n) is 5.99. The van der Waals surface area contributed by atoms with Gasteiger partial charge in [0, 0.05) is 0 Å². The molecule has 1 saturated carbocycles. The smallest absolute Gasteiger partial charge is 0.0820 e. The minimum absolute atomic E-state index is 0.239. The largest absolute Gasteiger partial charge is 0.388 e. The summed E-state index contributed by atoms with van der Waals surface area (Å²) in [5.74, 6) is 1.21. The second-order valence-corrected chi connectivity index (χ2v) is 4.82. The molecule has 1 aliphatic rings. The summed E-state index contributed by atoms with van der Waals surface area (Å²) in [6.07, 6.45) is 3.22. The molecule has 0 saturated heterocycles. The molecule has 3 unspecified atom stereocenters. The van der Waals surface area contributed by atoms with Crippen molar-refractivity contribution in [3.63, 3.8) is 0 Å². The Bertz CT molecular complexity index is 332. The molecular weight excluding hydrogens is 184 g/mol. The summed E-state index contributed by atoms with van der Waals surface area (Å²) >= 11 is 0. The Balaban J connectivity index is 2.10. The summed E-state index contributed by atoms with van der Waals surface area (Å²) in [7, 11) is 0. The van der Waals surface area contributed by atoms with Crippen molar-refractivity contribution < 1.29 is 5.11 Å². The number of rotatable bonds is 4. The Labute approximate surface area is 92.1 Å². The zero-order valence-corrected chi connectivity index (χ0v) is 9.61. The minimum Gasteiger partial charge on any atom is -0.388 e. The van der Waals surface area contributed by atoms with E-state index in [-0.39, 0.29) is 6.10 Å². The fourth-order valence-electron chi connectivity index (χ4n) is 2.26. The van der Waals surface area contributed by atoms with E-state index in [2.05, 4.69) is 38.1 Å². The summed E-state index contributed by atoms with van der Waals surface area (Å²) in [4.78, 5) is 0. The molecule has 0 aliphatic heterocycles. The van der Waals surface area contributed by atoms with Gasteiger partial charge < -0.3 is 5.11 Å². The van der Waals surface area contributed by atoms with E-state index in [1.807, 2.05) is 0 Å². The fraction of sp³-hybridized carbons (Fsp3) is 0.571. The molecule has 0 spiro atoms. The maximum Gasteiger partial charge on any atom is 0.0820 e. The highest BCUT2D eigenvalue weighted by atomic mass is 16.3. The van der Waals surface area contributed by atoms with Crippen LogP contribution in [0.1, 0.15) is 43.9 Å². The SMILES string of the molecule is CCCc1cccc(C(O)C2CC2C)c1. The van der Waals surface area contributed by atoms with Gasteiger partial charge in [-0.25, -0.2) is 0 Å². The topological polar surface area (TPSA) is 20.2 Å². The molecule has 2 rings (SSSR count). The fourth-order valence-corrected chi connectivity index (χ4v) is 2.26. The molecule has 0 radical (unpaired) electrons. The maximum atomic E-state index is 10.1. The molecule has 0 aromatic heterocycles. The first kappa shape index (κ1) is 10.7. The van der Waals surface area contributed by atoms with Crippen LogP contribution in [-0.2, 0) is 6.42 Å².